The summed E-state index contributed by atoms with van der Waals surface area (Å²) in [6.45, 7) is 3.51. The fraction of sp³-hybridized carbons (Fsp3) is 0.471. The summed E-state index contributed by atoms with van der Waals surface area (Å²) in [5.41, 5.74) is 3.30. The van der Waals surface area contributed by atoms with Crippen LogP contribution in [0, 0.1) is 5.41 Å². The number of anilines is 1. The predicted octanol–water partition coefficient (Wildman–Crippen LogP) is 2.83. The number of likely N-dealkylation sites (N-methyl/N-ethyl adjacent to an activating group) is 1. The minimum Gasteiger partial charge on any atom is -0.490 e. The largest absolute Gasteiger partial charge is 0.490 e. The molecular weight excluding hydrogens is 262 g/mol. The molecule has 0 aliphatic rings. The molecule has 1 N–H and O–H groups in total. The third-order valence-corrected chi connectivity index (χ3v) is 3.20. The second-order valence-electron chi connectivity index (χ2n) is 5.61. The molecule has 0 heterocycles. The van der Waals surface area contributed by atoms with Gasteiger partial charge in [-0.15, -0.1) is 0 Å². The van der Waals surface area contributed by atoms with E-state index in [0.29, 0.717) is 6.61 Å². The van der Waals surface area contributed by atoms with Crippen LogP contribution in [-0.2, 0) is 6.42 Å². The molecule has 0 amide bonds. The molecule has 0 spiro atoms. The van der Waals surface area contributed by atoms with Crippen LogP contribution in [0.4, 0.5) is 5.69 Å². The molecule has 0 aromatic heterocycles. The number of ether oxygens (including phenoxy) is 1. The first kappa shape index (κ1) is 17.2. The lowest BCUT2D eigenvalue weighted by atomic mass is 10.1. The van der Waals surface area contributed by atoms with Crippen molar-refractivity contribution in [2.24, 2.45) is 0 Å². The lowest BCUT2D eigenvalue weighted by Crippen LogP contribution is -2.20. The van der Waals surface area contributed by atoms with E-state index in [1.807, 2.05) is 47.2 Å². The van der Waals surface area contributed by atoms with Gasteiger partial charge >= 0.3 is 0 Å². The Bertz CT molecular complexity index is 493. The molecule has 21 heavy (non-hydrogen) atoms. The summed E-state index contributed by atoms with van der Waals surface area (Å²) >= 11 is 0. The Hall–Kier alpha value is -1.81. The SMILES string of the molecule is C/C(C=N)=C\Cc1cccc(OCCN(C)C)c1N(C)C. The molecule has 0 aliphatic heterocycles. The molecule has 1 aromatic rings. The van der Waals surface area contributed by atoms with Gasteiger partial charge in [0.15, 0.2) is 0 Å². The minimum absolute atomic E-state index is 0.673. The van der Waals surface area contributed by atoms with Gasteiger partial charge in [-0.25, -0.2) is 0 Å². The van der Waals surface area contributed by atoms with Crippen molar-refractivity contribution in [1.29, 1.82) is 5.41 Å². The minimum atomic E-state index is 0.673. The molecular formula is C17H27N3O. The quantitative estimate of drug-likeness (QED) is 0.748. The van der Waals surface area contributed by atoms with Crippen molar-refractivity contribution in [2.75, 3.05) is 46.2 Å². The van der Waals surface area contributed by atoms with Crippen molar-refractivity contribution in [2.45, 2.75) is 13.3 Å². The molecule has 0 bridgehead atoms. The van der Waals surface area contributed by atoms with E-state index in [9.17, 15) is 0 Å². The molecule has 0 fully saturated rings. The zero-order chi connectivity index (χ0) is 15.8. The van der Waals surface area contributed by atoms with Gasteiger partial charge in [0.25, 0.3) is 0 Å². The number of allylic oxidation sites excluding steroid dienone is 2. The Morgan fingerprint density at radius 2 is 1.95 bits per heavy atom. The van der Waals surface area contributed by atoms with Gasteiger partial charge in [0.1, 0.15) is 12.4 Å². The maximum atomic E-state index is 7.25. The van der Waals surface area contributed by atoms with Crippen LogP contribution in [0.1, 0.15) is 12.5 Å². The van der Waals surface area contributed by atoms with Crippen LogP contribution in [-0.4, -0.2) is 52.5 Å². The monoisotopic (exact) mass is 289 g/mol. The van der Waals surface area contributed by atoms with Gasteiger partial charge in [0.2, 0.25) is 0 Å². The summed E-state index contributed by atoms with van der Waals surface area (Å²) in [5.74, 6) is 0.917. The zero-order valence-corrected chi connectivity index (χ0v) is 13.8. The summed E-state index contributed by atoms with van der Waals surface area (Å²) in [7, 11) is 8.14. The molecule has 0 radical (unpaired) electrons. The first-order valence-corrected chi connectivity index (χ1v) is 7.19. The van der Waals surface area contributed by atoms with Crippen LogP contribution in [0.15, 0.2) is 29.8 Å². The van der Waals surface area contributed by atoms with Crippen molar-refractivity contribution in [3.05, 3.63) is 35.4 Å². The number of benzene rings is 1. The van der Waals surface area contributed by atoms with Crippen LogP contribution in [0.25, 0.3) is 0 Å². The Morgan fingerprint density at radius 1 is 1.24 bits per heavy atom. The van der Waals surface area contributed by atoms with Crippen LogP contribution in [0.3, 0.4) is 0 Å². The van der Waals surface area contributed by atoms with E-state index in [-0.39, 0.29) is 0 Å². The highest BCUT2D eigenvalue weighted by molar-refractivity contribution is 5.75. The third kappa shape index (κ3) is 5.60. The Morgan fingerprint density at radius 3 is 2.52 bits per heavy atom. The first-order valence-electron chi connectivity index (χ1n) is 7.19. The maximum Gasteiger partial charge on any atom is 0.142 e. The van der Waals surface area contributed by atoms with Crippen LogP contribution >= 0.6 is 0 Å². The second-order valence-corrected chi connectivity index (χ2v) is 5.61. The molecule has 0 saturated carbocycles. The van der Waals surface area contributed by atoms with Crippen LogP contribution in [0.5, 0.6) is 5.75 Å². The summed E-state index contributed by atoms with van der Waals surface area (Å²) in [4.78, 5) is 4.20. The number of hydrogen-bond donors (Lipinski definition) is 1. The van der Waals surface area contributed by atoms with Gasteiger partial charge in [-0.2, -0.15) is 0 Å². The zero-order valence-electron chi connectivity index (χ0n) is 13.8. The predicted molar refractivity (Wildman–Crippen MR) is 91.1 cm³/mol. The smallest absolute Gasteiger partial charge is 0.142 e. The molecule has 4 nitrogen and oxygen atoms in total. The molecule has 1 aromatic carbocycles. The van der Waals surface area contributed by atoms with Crippen molar-refractivity contribution < 1.29 is 4.74 Å². The molecule has 0 aliphatic carbocycles. The molecule has 0 atom stereocenters. The normalized spacial score (nSPS) is 11.6. The van der Waals surface area contributed by atoms with E-state index in [1.165, 1.54) is 11.8 Å². The molecule has 116 valence electrons. The van der Waals surface area contributed by atoms with Gasteiger partial charge in [-0.05, 0) is 44.6 Å². The van der Waals surface area contributed by atoms with E-state index >= 15 is 0 Å². The average molecular weight is 289 g/mol. The topological polar surface area (TPSA) is 39.6 Å². The number of rotatable bonds is 8. The van der Waals surface area contributed by atoms with E-state index in [2.05, 4.69) is 21.9 Å². The average Bonchev–Trinajstić information content (AvgIpc) is 2.44. The van der Waals surface area contributed by atoms with Crippen LogP contribution in [0.2, 0.25) is 0 Å². The van der Waals surface area contributed by atoms with E-state index in [0.717, 1.165) is 30.0 Å². The van der Waals surface area contributed by atoms with E-state index < -0.39 is 0 Å². The summed E-state index contributed by atoms with van der Waals surface area (Å²) < 4.78 is 5.93. The summed E-state index contributed by atoms with van der Waals surface area (Å²) in [6, 6.07) is 6.16. The maximum absolute atomic E-state index is 7.25. The third-order valence-electron chi connectivity index (χ3n) is 3.20. The number of hydrogen-bond acceptors (Lipinski definition) is 4. The van der Waals surface area contributed by atoms with E-state index in [1.54, 1.807) is 0 Å². The highest BCUT2D eigenvalue weighted by Crippen LogP contribution is 2.31. The van der Waals surface area contributed by atoms with Gasteiger partial charge in [0.05, 0.1) is 5.69 Å². The highest BCUT2D eigenvalue weighted by atomic mass is 16.5. The van der Waals surface area contributed by atoms with Crippen molar-refractivity contribution in [3.63, 3.8) is 0 Å². The standard InChI is InChI=1S/C17H27N3O/c1-14(13-18)9-10-15-7-6-8-16(17(15)20(4)5)21-12-11-19(2)3/h6-9,13,18H,10-12H2,1-5H3/b14-9+,18-13?. The lowest BCUT2D eigenvalue weighted by molar-refractivity contribution is 0.262. The molecule has 0 saturated heterocycles. The second kappa shape index (κ2) is 8.47. The van der Waals surface area contributed by atoms with Crippen molar-refractivity contribution in [3.8, 4) is 5.75 Å². The molecule has 0 unspecified atom stereocenters. The number of nitrogens with one attached hydrogen (secondary N) is 1. The van der Waals surface area contributed by atoms with Gasteiger partial charge in [0, 0.05) is 26.9 Å². The van der Waals surface area contributed by atoms with Crippen LogP contribution < -0.4 is 9.64 Å². The molecule has 1 rings (SSSR count). The van der Waals surface area contributed by atoms with Gasteiger partial charge in [-0.3, -0.25) is 0 Å². The Balaban J connectivity index is 2.95. The number of nitrogens with zero attached hydrogens (tertiary/aromatic N) is 2. The first-order chi connectivity index (χ1) is 9.95. The van der Waals surface area contributed by atoms with E-state index in [4.69, 9.17) is 10.1 Å². The fourth-order valence-corrected chi connectivity index (χ4v) is 2.02. The van der Waals surface area contributed by atoms with Gasteiger partial charge in [-0.1, -0.05) is 18.2 Å². The summed E-state index contributed by atoms with van der Waals surface area (Å²) in [6.07, 6.45) is 4.26. The van der Waals surface area contributed by atoms with Gasteiger partial charge < -0.3 is 19.9 Å². The molecule has 4 heteroatoms. The van der Waals surface area contributed by atoms with Crippen molar-refractivity contribution >= 4 is 11.9 Å². The number of para-hydroxylation sites is 1. The highest BCUT2D eigenvalue weighted by Gasteiger charge is 2.11. The Kier molecular flexibility index (Phi) is 6.96. The summed E-state index contributed by atoms with van der Waals surface area (Å²) in [5, 5.41) is 7.25. The van der Waals surface area contributed by atoms with Crippen molar-refractivity contribution in [1.82, 2.24) is 4.90 Å². The fourth-order valence-electron chi connectivity index (χ4n) is 2.02. The Labute approximate surface area is 128 Å². The lowest BCUT2D eigenvalue weighted by Gasteiger charge is -2.22.